The van der Waals surface area contributed by atoms with Gasteiger partial charge in [-0.3, -0.25) is 23.4 Å². The Bertz CT molecular complexity index is 1210. The van der Waals surface area contributed by atoms with E-state index in [1.165, 1.54) is 0 Å². The monoisotopic (exact) mass is 521 g/mol. The van der Waals surface area contributed by atoms with Crippen molar-refractivity contribution in [2.24, 2.45) is 0 Å². The first-order valence-electron chi connectivity index (χ1n) is 8.35. The molecular weight excluding hydrogens is 503 g/mol. The number of aromatic amines is 1. The third-order valence-corrected chi connectivity index (χ3v) is 8.09. The SMILES string of the molecule is CP(=O)(O)OP(=O)(O)OP(=O)(O)OCC1OC(n2cnc3c(=O)[nH]c(N)nc32)C(O)C1O. The Kier molecular flexibility index (Phi) is 6.81. The molecule has 7 unspecified atom stereocenters. The number of fused-ring (bicyclic) bond motifs is 1. The minimum Gasteiger partial charge on any atom is -0.387 e. The standard InChI is InChI=1S/C11H18N5O13P3/c1-30(20,21)28-32(24,25)29-31(22,23)26-2-4-6(17)7(18)10(27-4)16-3-13-5-8(16)14-11(12)15-9(5)19/h3-4,6-7,10,17-18H,2H2,1H3,(H,20,21)(H,22,23)(H,24,25)(H3,12,14,15,19). The molecule has 21 heteroatoms. The summed E-state index contributed by atoms with van der Waals surface area (Å²) in [7, 11) is -15.4. The number of anilines is 1. The van der Waals surface area contributed by atoms with Crippen molar-refractivity contribution in [3.05, 3.63) is 16.7 Å². The Hall–Kier alpha value is -1.52. The second kappa shape index (κ2) is 8.68. The minimum atomic E-state index is -5.48. The van der Waals surface area contributed by atoms with Crippen LogP contribution in [0.2, 0.25) is 0 Å². The molecule has 1 saturated heterocycles. The van der Waals surface area contributed by atoms with Crippen molar-refractivity contribution in [3.8, 4) is 0 Å². The number of aliphatic hydroxyl groups excluding tert-OH is 2. The summed E-state index contributed by atoms with van der Waals surface area (Å²) in [5.41, 5.74) is 4.58. The maximum Gasteiger partial charge on any atom is 0.488 e. The lowest BCUT2D eigenvalue weighted by atomic mass is 10.1. The van der Waals surface area contributed by atoms with Crippen LogP contribution >= 0.6 is 23.2 Å². The maximum atomic E-state index is 11.9. The van der Waals surface area contributed by atoms with E-state index in [1.807, 2.05) is 0 Å². The van der Waals surface area contributed by atoms with Gasteiger partial charge in [-0.05, 0) is 0 Å². The normalized spacial score (nSPS) is 29.4. The van der Waals surface area contributed by atoms with Gasteiger partial charge in [-0.2, -0.15) is 9.29 Å². The molecule has 1 aliphatic rings. The van der Waals surface area contributed by atoms with Gasteiger partial charge < -0.3 is 35.4 Å². The van der Waals surface area contributed by atoms with Crippen molar-refractivity contribution < 1.29 is 56.5 Å². The van der Waals surface area contributed by atoms with Crippen LogP contribution in [0.5, 0.6) is 0 Å². The van der Waals surface area contributed by atoms with E-state index < -0.39 is 59.9 Å². The molecule has 0 aromatic carbocycles. The Morgan fingerprint density at radius 1 is 1.19 bits per heavy atom. The van der Waals surface area contributed by atoms with E-state index in [0.29, 0.717) is 6.66 Å². The molecule has 2 aromatic rings. The Labute approximate surface area is 177 Å². The fraction of sp³-hybridized carbons (Fsp3) is 0.545. The van der Waals surface area contributed by atoms with Crippen molar-refractivity contribution in [1.29, 1.82) is 0 Å². The predicted octanol–water partition coefficient (Wildman–Crippen LogP) is -1.61. The van der Waals surface area contributed by atoms with E-state index in [0.717, 1.165) is 10.9 Å². The first kappa shape index (κ1) is 25.1. The average molecular weight is 521 g/mol. The van der Waals surface area contributed by atoms with Crippen molar-refractivity contribution in [2.75, 3.05) is 19.0 Å². The molecule has 0 aliphatic carbocycles. The molecule has 2 aromatic heterocycles. The van der Waals surface area contributed by atoms with Crippen molar-refractivity contribution in [2.45, 2.75) is 24.5 Å². The predicted molar refractivity (Wildman–Crippen MR) is 102 cm³/mol. The molecule has 0 spiro atoms. The molecule has 180 valence electrons. The van der Waals surface area contributed by atoms with E-state index in [1.54, 1.807) is 0 Å². The molecule has 0 bridgehead atoms. The van der Waals surface area contributed by atoms with Crippen molar-refractivity contribution in [3.63, 3.8) is 0 Å². The third kappa shape index (κ3) is 5.69. The number of hydrogen-bond acceptors (Lipinski definition) is 13. The number of nitrogens with zero attached hydrogens (tertiary/aromatic N) is 3. The fourth-order valence-corrected chi connectivity index (χ4v) is 6.24. The molecule has 0 saturated carbocycles. The molecule has 7 atom stereocenters. The fourth-order valence-electron chi connectivity index (χ4n) is 2.75. The molecule has 0 amide bonds. The molecule has 8 N–H and O–H groups in total. The third-order valence-electron chi connectivity index (χ3n) is 3.92. The van der Waals surface area contributed by atoms with E-state index >= 15 is 0 Å². The van der Waals surface area contributed by atoms with Gasteiger partial charge in [0.15, 0.2) is 17.4 Å². The zero-order valence-corrected chi connectivity index (χ0v) is 18.5. The summed E-state index contributed by atoms with van der Waals surface area (Å²) in [4.78, 5) is 49.6. The van der Waals surface area contributed by atoms with Gasteiger partial charge in [-0.15, -0.1) is 0 Å². The number of nitrogens with one attached hydrogen (secondary N) is 1. The first-order valence-corrected chi connectivity index (χ1v) is 13.4. The molecule has 3 rings (SSSR count). The zero-order valence-electron chi connectivity index (χ0n) is 15.9. The molecule has 18 nitrogen and oxygen atoms in total. The van der Waals surface area contributed by atoms with Crippen LogP contribution in [0.25, 0.3) is 11.2 Å². The van der Waals surface area contributed by atoms with Gasteiger partial charge >= 0.3 is 23.2 Å². The van der Waals surface area contributed by atoms with Gasteiger partial charge in [0.05, 0.1) is 12.9 Å². The van der Waals surface area contributed by atoms with Gasteiger partial charge in [-0.1, -0.05) is 0 Å². The molecule has 32 heavy (non-hydrogen) atoms. The summed E-state index contributed by atoms with van der Waals surface area (Å²) in [6, 6.07) is 0. The highest BCUT2D eigenvalue weighted by molar-refractivity contribution is 7.68. The number of hydrogen-bond donors (Lipinski definition) is 7. The van der Waals surface area contributed by atoms with Crippen LogP contribution < -0.4 is 11.3 Å². The molecule has 0 radical (unpaired) electrons. The Balaban J connectivity index is 1.72. The highest BCUT2D eigenvalue weighted by Crippen LogP contribution is 2.66. The molecule has 1 fully saturated rings. The molecule has 1 aliphatic heterocycles. The number of ether oxygens (including phenoxy) is 1. The number of imidazole rings is 1. The number of aromatic nitrogens is 4. The first-order chi connectivity index (χ1) is 14.6. The quantitative estimate of drug-likeness (QED) is 0.192. The van der Waals surface area contributed by atoms with Crippen LogP contribution in [0.4, 0.5) is 5.95 Å². The maximum absolute atomic E-state index is 11.9. The summed E-state index contributed by atoms with van der Waals surface area (Å²) in [6.45, 7) is -0.420. The van der Waals surface area contributed by atoms with E-state index in [2.05, 4.69) is 28.1 Å². The number of phosphoric acid groups is 2. The Morgan fingerprint density at radius 2 is 1.84 bits per heavy atom. The second-order valence-corrected chi connectivity index (χ2v) is 11.6. The average Bonchev–Trinajstić information content (AvgIpc) is 3.12. The number of aliphatic hydroxyl groups is 2. The van der Waals surface area contributed by atoms with Crippen LogP contribution in [0.15, 0.2) is 11.1 Å². The van der Waals surface area contributed by atoms with Gasteiger partial charge in [0.1, 0.15) is 18.3 Å². The molecule has 3 heterocycles. The summed E-state index contributed by atoms with van der Waals surface area (Å²) in [6.07, 6.45) is -5.15. The summed E-state index contributed by atoms with van der Waals surface area (Å²) in [5, 5.41) is 20.5. The van der Waals surface area contributed by atoms with Crippen LogP contribution in [0, 0.1) is 0 Å². The van der Waals surface area contributed by atoms with Crippen LogP contribution in [-0.2, 0) is 31.6 Å². The number of H-pyrrole nitrogens is 1. The lowest BCUT2D eigenvalue weighted by molar-refractivity contribution is -0.0503. The largest absolute Gasteiger partial charge is 0.488 e. The van der Waals surface area contributed by atoms with Crippen LogP contribution in [-0.4, -0.2) is 76.0 Å². The summed E-state index contributed by atoms with van der Waals surface area (Å²) >= 11 is 0. The number of rotatable bonds is 8. The van der Waals surface area contributed by atoms with Gasteiger partial charge in [-0.25, -0.2) is 18.4 Å². The van der Waals surface area contributed by atoms with E-state index in [-0.39, 0.29) is 17.1 Å². The second-order valence-electron chi connectivity index (χ2n) is 6.52. The highest BCUT2D eigenvalue weighted by atomic mass is 31.3. The highest BCUT2D eigenvalue weighted by Gasteiger charge is 2.46. The van der Waals surface area contributed by atoms with Crippen LogP contribution in [0.1, 0.15) is 6.23 Å². The summed E-state index contributed by atoms with van der Waals surface area (Å²) in [5.74, 6) is -0.259. The van der Waals surface area contributed by atoms with E-state index in [9.17, 15) is 38.5 Å². The number of nitrogens with two attached hydrogens (primary N) is 1. The van der Waals surface area contributed by atoms with Crippen molar-refractivity contribution >= 4 is 40.4 Å². The van der Waals surface area contributed by atoms with Gasteiger partial charge in [0, 0.05) is 6.66 Å². The zero-order chi connectivity index (χ0) is 24.1. The topological polar surface area (TPSA) is 279 Å². The van der Waals surface area contributed by atoms with Crippen LogP contribution in [0.3, 0.4) is 0 Å². The lowest BCUT2D eigenvalue weighted by Crippen LogP contribution is -2.33. The smallest absolute Gasteiger partial charge is 0.387 e. The Morgan fingerprint density at radius 3 is 2.47 bits per heavy atom. The number of nitrogen functional groups attached to an aromatic ring is 1. The van der Waals surface area contributed by atoms with Crippen molar-refractivity contribution in [1.82, 2.24) is 19.5 Å². The van der Waals surface area contributed by atoms with Gasteiger partial charge in [0.2, 0.25) is 5.95 Å². The number of phosphoric ester groups is 1. The van der Waals surface area contributed by atoms with E-state index in [4.69, 9.17) is 15.4 Å². The van der Waals surface area contributed by atoms with Gasteiger partial charge in [0.25, 0.3) is 5.56 Å². The minimum absolute atomic E-state index is 0.0911. The lowest BCUT2D eigenvalue weighted by Gasteiger charge is -2.19. The summed E-state index contributed by atoms with van der Waals surface area (Å²) < 4.78 is 53.1. The molecular formula is C11H18N5O13P3.